The summed E-state index contributed by atoms with van der Waals surface area (Å²) in [4.78, 5) is 36.9. The summed E-state index contributed by atoms with van der Waals surface area (Å²) < 4.78 is 3.25. The van der Waals surface area contributed by atoms with Crippen LogP contribution in [0.3, 0.4) is 0 Å². The number of carboxylic acids is 1. The number of nitrogens with two attached hydrogens (primary N) is 3. The molecule has 3 heterocycles. The molecule has 0 aliphatic carbocycles. The smallest absolute Gasteiger partial charge is 0.352 e. The van der Waals surface area contributed by atoms with Gasteiger partial charge in [-0.3, -0.25) is 15.0 Å². The number of nitrogen functional groups attached to an aromatic ring is 1. The molecule has 0 saturated carbocycles. The molecule has 152 valence electrons. The predicted molar refractivity (Wildman–Crippen MR) is 102 cm³/mol. The van der Waals surface area contributed by atoms with E-state index < -0.39 is 23.9 Å². The lowest BCUT2D eigenvalue weighted by Gasteiger charge is -2.47. The maximum absolute atomic E-state index is 12.0. The van der Waals surface area contributed by atoms with Crippen LogP contribution in [0.5, 0.6) is 0 Å². The average molecular weight is 411 g/mol. The average Bonchev–Trinajstić information content (AvgIpc) is 2.92. The first-order valence-electron chi connectivity index (χ1n) is 8.51. The Bertz CT molecular complexity index is 866. The topological polar surface area (TPSA) is 186 Å². The van der Waals surface area contributed by atoms with Crippen LogP contribution in [0.15, 0.2) is 17.5 Å². The van der Waals surface area contributed by atoms with Gasteiger partial charge in [0.15, 0.2) is 18.1 Å². The highest BCUT2D eigenvalue weighted by Crippen LogP contribution is 2.39. The number of aromatic nitrogens is 2. The SMILES string of the molecule is Cn1c(N)c(NC(=O)NCCN)c[n+]1CC1=C(C(=O)O)N2C(=O)C(N)C2SC1. The molecule has 0 aromatic carbocycles. The van der Waals surface area contributed by atoms with E-state index in [9.17, 15) is 19.5 Å². The number of aliphatic carboxylic acids is 1. The fraction of sp³-hybridized carbons (Fsp3) is 0.467. The molecule has 0 radical (unpaired) electrons. The first-order valence-corrected chi connectivity index (χ1v) is 9.56. The largest absolute Gasteiger partial charge is 0.477 e. The number of rotatable bonds is 6. The van der Waals surface area contributed by atoms with Gasteiger partial charge in [-0.25, -0.2) is 9.59 Å². The zero-order valence-electron chi connectivity index (χ0n) is 15.2. The summed E-state index contributed by atoms with van der Waals surface area (Å²) in [6, 6.07) is -1.13. The number of β-lactam (4-membered cyclic amide) rings is 1. The Balaban J connectivity index is 1.84. The Hall–Kier alpha value is -2.77. The Morgan fingerprint density at radius 3 is 2.82 bits per heavy atom. The standard InChI is InChI=1S/C15H22N8O4S/c1-21-11(18)8(20-15(27)19-3-2-16)5-22(21)4-7-6-28-13-9(17)12(24)23(13)10(7)14(25)26/h5,9,13,18H,2-4,6,16-17H2,1H3,(H3,19,20,25,26,27)/p+1. The summed E-state index contributed by atoms with van der Waals surface area (Å²) in [7, 11) is 1.68. The summed E-state index contributed by atoms with van der Waals surface area (Å²) in [6.45, 7) is 0.812. The zero-order chi connectivity index (χ0) is 20.6. The summed E-state index contributed by atoms with van der Waals surface area (Å²) in [5.41, 5.74) is 18.0. The molecule has 28 heavy (non-hydrogen) atoms. The quantitative estimate of drug-likeness (QED) is 0.220. The Morgan fingerprint density at radius 1 is 1.46 bits per heavy atom. The van der Waals surface area contributed by atoms with Crippen LogP contribution in [-0.4, -0.2) is 62.9 Å². The fourth-order valence-electron chi connectivity index (χ4n) is 3.11. The summed E-state index contributed by atoms with van der Waals surface area (Å²) in [5, 5.41) is 14.5. The lowest BCUT2D eigenvalue weighted by Crippen LogP contribution is -2.68. The van der Waals surface area contributed by atoms with Gasteiger partial charge in [0.1, 0.15) is 17.1 Å². The second-order valence-electron chi connectivity index (χ2n) is 6.41. The lowest BCUT2D eigenvalue weighted by molar-refractivity contribution is -0.765. The molecule has 0 bridgehead atoms. The predicted octanol–water partition coefficient (Wildman–Crippen LogP) is -2.44. The minimum atomic E-state index is -1.18. The van der Waals surface area contributed by atoms with Gasteiger partial charge < -0.3 is 27.6 Å². The van der Waals surface area contributed by atoms with Gasteiger partial charge in [-0.05, 0) is 0 Å². The van der Waals surface area contributed by atoms with Crippen molar-refractivity contribution < 1.29 is 24.2 Å². The van der Waals surface area contributed by atoms with Crippen molar-refractivity contribution in [3.05, 3.63) is 17.5 Å². The number of nitrogens with one attached hydrogen (secondary N) is 2. The Kier molecular flexibility index (Phi) is 5.49. The molecule has 13 heteroatoms. The maximum Gasteiger partial charge on any atom is 0.352 e. The molecule has 3 rings (SSSR count). The normalized spacial score (nSPS) is 21.2. The Labute approximate surface area is 164 Å². The third-order valence-electron chi connectivity index (χ3n) is 4.61. The molecular formula is C15H23N8O4S+. The number of nitrogens with zero attached hydrogens (tertiary/aromatic N) is 3. The number of carboxylic acid groups (broad SMARTS) is 1. The summed E-state index contributed by atoms with van der Waals surface area (Å²) in [6.07, 6.45) is 1.60. The van der Waals surface area contributed by atoms with E-state index >= 15 is 0 Å². The fourth-order valence-corrected chi connectivity index (χ4v) is 4.39. The van der Waals surface area contributed by atoms with Crippen molar-refractivity contribution in [2.24, 2.45) is 18.5 Å². The highest BCUT2D eigenvalue weighted by Gasteiger charge is 2.52. The van der Waals surface area contributed by atoms with Gasteiger partial charge in [0.25, 0.3) is 0 Å². The molecule has 1 fully saturated rings. The summed E-state index contributed by atoms with van der Waals surface area (Å²) >= 11 is 1.42. The van der Waals surface area contributed by atoms with Crippen LogP contribution < -0.4 is 32.5 Å². The van der Waals surface area contributed by atoms with Gasteiger partial charge in [-0.15, -0.1) is 21.1 Å². The number of fused-ring (bicyclic) bond motifs is 1. The third-order valence-corrected chi connectivity index (χ3v) is 5.97. The van der Waals surface area contributed by atoms with Crippen LogP contribution in [0, 0.1) is 0 Å². The molecule has 9 N–H and O–H groups in total. The molecule has 1 aromatic heterocycles. The van der Waals surface area contributed by atoms with Crippen molar-refractivity contribution >= 4 is 41.2 Å². The zero-order valence-corrected chi connectivity index (χ0v) is 16.0. The molecular weight excluding hydrogens is 388 g/mol. The lowest BCUT2D eigenvalue weighted by atomic mass is 10.0. The third kappa shape index (κ3) is 3.39. The highest BCUT2D eigenvalue weighted by atomic mass is 32.2. The van der Waals surface area contributed by atoms with Crippen molar-refractivity contribution in [3.8, 4) is 0 Å². The van der Waals surface area contributed by atoms with Crippen LogP contribution >= 0.6 is 11.8 Å². The molecule has 3 amide bonds. The minimum Gasteiger partial charge on any atom is -0.477 e. The molecule has 2 aliphatic rings. The second kappa shape index (κ2) is 7.69. The van der Waals surface area contributed by atoms with Gasteiger partial charge in [0.2, 0.25) is 12.1 Å². The van der Waals surface area contributed by atoms with Crippen molar-refractivity contribution in [2.75, 3.05) is 29.9 Å². The van der Waals surface area contributed by atoms with Gasteiger partial charge in [-0.1, -0.05) is 0 Å². The maximum atomic E-state index is 12.0. The second-order valence-corrected chi connectivity index (χ2v) is 7.52. The van der Waals surface area contributed by atoms with E-state index in [0.717, 1.165) is 0 Å². The molecule has 2 aliphatic heterocycles. The van der Waals surface area contributed by atoms with Crippen molar-refractivity contribution in [1.29, 1.82) is 0 Å². The highest BCUT2D eigenvalue weighted by molar-refractivity contribution is 8.00. The van der Waals surface area contributed by atoms with Gasteiger partial charge in [-0.2, -0.15) is 0 Å². The molecule has 0 spiro atoms. The number of thioether (sulfide) groups is 1. The van der Waals surface area contributed by atoms with Gasteiger partial charge in [0, 0.05) is 24.4 Å². The number of hydrogen-bond donors (Lipinski definition) is 6. The van der Waals surface area contributed by atoms with Crippen molar-refractivity contribution in [3.63, 3.8) is 0 Å². The number of hydrogen-bond acceptors (Lipinski definition) is 7. The minimum absolute atomic E-state index is 0.0436. The number of urea groups is 1. The monoisotopic (exact) mass is 411 g/mol. The van der Waals surface area contributed by atoms with Crippen LogP contribution in [-0.2, 0) is 23.2 Å². The molecule has 1 saturated heterocycles. The number of carbonyl (C=O) groups is 3. The van der Waals surface area contributed by atoms with E-state index in [4.69, 9.17) is 17.2 Å². The Morgan fingerprint density at radius 2 is 2.18 bits per heavy atom. The molecule has 12 nitrogen and oxygen atoms in total. The van der Waals surface area contributed by atoms with E-state index in [1.165, 1.54) is 16.7 Å². The van der Waals surface area contributed by atoms with Crippen molar-refractivity contribution in [2.45, 2.75) is 18.0 Å². The van der Waals surface area contributed by atoms with E-state index in [0.29, 0.717) is 35.9 Å². The van der Waals surface area contributed by atoms with Crippen molar-refractivity contribution in [1.82, 2.24) is 14.9 Å². The number of anilines is 2. The van der Waals surface area contributed by atoms with Crippen LogP contribution in [0.4, 0.5) is 16.3 Å². The summed E-state index contributed by atoms with van der Waals surface area (Å²) in [5.74, 6) is -0.865. The van der Waals surface area contributed by atoms with E-state index in [2.05, 4.69) is 10.6 Å². The van der Waals surface area contributed by atoms with E-state index in [1.807, 2.05) is 0 Å². The first kappa shape index (κ1) is 20.0. The number of amides is 3. The van der Waals surface area contributed by atoms with E-state index in [-0.39, 0.29) is 17.6 Å². The first-order chi connectivity index (χ1) is 13.3. The number of carbonyl (C=O) groups excluding carboxylic acids is 2. The molecule has 1 aromatic rings. The van der Waals surface area contributed by atoms with E-state index in [1.54, 1.807) is 22.6 Å². The van der Waals surface area contributed by atoms with Crippen LogP contribution in [0.25, 0.3) is 0 Å². The molecule has 2 atom stereocenters. The van der Waals surface area contributed by atoms with Gasteiger partial charge in [0.05, 0.1) is 7.05 Å². The van der Waals surface area contributed by atoms with Crippen LogP contribution in [0.2, 0.25) is 0 Å². The van der Waals surface area contributed by atoms with Gasteiger partial charge >= 0.3 is 12.0 Å². The molecule has 2 unspecified atom stereocenters. The van der Waals surface area contributed by atoms with Crippen LogP contribution in [0.1, 0.15) is 0 Å².